The highest BCUT2D eigenvalue weighted by Gasteiger charge is 2.25. The summed E-state index contributed by atoms with van der Waals surface area (Å²) >= 11 is 0. The Hall–Kier alpha value is -3.27. The highest BCUT2D eigenvalue weighted by Crippen LogP contribution is 2.36. The monoisotopic (exact) mass is 405 g/mol. The summed E-state index contributed by atoms with van der Waals surface area (Å²) in [5.41, 5.74) is 6.19. The van der Waals surface area contributed by atoms with E-state index < -0.39 is 28.4 Å². The van der Waals surface area contributed by atoms with E-state index >= 15 is 0 Å². The number of carbonyl (C=O) groups excluding carboxylic acids is 2. The highest BCUT2D eigenvalue weighted by molar-refractivity contribution is 7.92. The van der Waals surface area contributed by atoms with Gasteiger partial charge in [0.1, 0.15) is 6.54 Å². The fourth-order valence-corrected chi connectivity index (χ4v) is 3.66. The maximum absolute atomic E-state index is 12.5. The van der Waals surface area contributed by atoms with Gasteiger partial charge >= 0.3 is 0 Å². The van der Waals surface area contributed by atoms with Gasteiger partial charge in [-0.15, -0.1) is 0 Å². The molecule has 0 aliphatic carbocycles. The molecule has 10 heteroatoms. The van der Waals surface area contributed by atoms with Gasteiger partial charge in [0.2, 0.25) is 28.6 Å². The number of nitrogens with zero attached hydrogens (tertiary/aromatic N) is 1. The molecule has 2 amide bonds. The van der Waals surface area contributed by atoms with E-state index in [1.165, 1.54) is 37.3 Å². The first kappa shape index (κ1) is 19.5. The molecule has 0 atom stereocenters. The van der Waals surface area contributed by atoms with Crippen LogP contribution in [0.1, 0.15) is 17.3 Å². The number of hydrogen-bond donors (Lipinski definition) is 2. The van der Waals surface area contributed by atoms with Gasteiger partial charge in [0.05, 0.1) is 11.4 Å². The van der Waals surface area contributed by atoms with Crippen molar-refractivity contribution in [1.82, 2.24) is 0 Å². The second-order valence-electron chi connectivity index (χ2n) is 5.93. The minimum Gasteiger partial charge on any atom is -0.454 e. The lowest BCUT2D eigenvalue weighted by Gasteiger charge is -2.23. The molecule has 1 aliphatic heterocycles. The van der Waals surface area contributed by atoms with Gasteiger partial charge in [-0.2, -0.15) is 0 Å². The smallest absolute Gasteiger partial charge is 0.248 e. The summed E-state index contributed by atoms with van der Waals surface area (Å²) in [6, 6.07) is 10.6. The number of hydrogen-bond acceptors (Lipinski definition) is 6. The Morgan fingerprint density at radius 2 is 1.79 bits per heavy atom. The van der Waals surface area contributed by atoms with Crippen LogP contribution in [0.5, 0.6) is 11.5 Å². The third-order valence-corrected chi connectivity index (χ3v) is 5.83. The summed E-state index contributed by atoms with van der Waals surface area (Å²) in [6.45, 7) is 1.13. The van der Waals surface area contributed by atoms with Crippen molar-refractivity contribution in [1.29, 1.82) is 0 Å². The molecule has 3 N–H and O–H groups in total. The normalized spacial score (nSPS) is 12.5. The minimum atomic E-state index is -3.72. The van der Waals surface area contributed by atoms with Crippen LogP contribution in [0.25, 0.3) is 0 Å². The van der Waals surface area contributed by atoms with Gasteiger partial charge in [-0.25, -0.2) is 8.42 Å². The molecule has 9 nitrogen and oxygen atoms in total. The van der Waals surface area contributed by atoms with E-state index in [-0.39, 0.29) is 12.5 Å². The maximum Gasteiger partial charge on any atom is 0.248 e. The number of nitrogens with one attached hydrogen (secondary N) is 1. The Kier molecular flexibility index (Phi) is 5.41. The molecule has 0 unspecified atom stereocenters. The van der Waals surface area contributed by atoms with Crippen molar-refractivity contribution in [2.24, 2.45) is 5.73 Å². The van der Waals surface area contributed by atoms with E-state index in [0.717, 1.165) is 4.31 Å². The van der Waals surface area contributed by atoms with E-state index in [1.54, 1.807) is 12.1 Å². The number of benzene rings is 2. The third-order valence-electron chi connectivity index (χ3n) is 4.09. The molecule has 0 saturated heterocycles. The van der Waals surface area contributed by atoms with Gasteiger partial charge in [-0.05, 0) is 43.3 Å². The van der Waals surface area contributed by atoms with Gasteiger partial charge in [0.15, 0.2) is 11.5 Å². The maximum atomic E-state index is 12.5. The van der Waals surface area contributed by atoms with Gasteiger partial charge in [0.25, 0.3) is 0 Å². The number of fused-ring (bicyclic) bond motifs is 1. The molecule has 0 spiro atoms. The number of nitrogens with two attached hydrogens (primary N) is 1. The number of rotatable bonds is 7. The zero-order chi connectivity index (χ0) is 20.3. The SMILES string of the molecule is CCS(=O)(=O)N(CC(=O)Nc1ccc(C(N)=O)cc1)c1ccc2c(c1)OCO2. The van der Waals surface area contributed by atoms with Crippen LogP contribution in [0.4, 0.5) is 11.4 Å². The summed E-state index contributed by atoms with van der Waals surface area (Å²) in [7, 11) is -3.72. The first-order valence-corrected chi connectivity index (χ1v) is 10.0. The molecule has 0 saturated carbocycles. The highest BCUT2D eigenvalue weighted by atomic mass is 32.2. The Morgan fingerprint density at radius 3 is 2.43 bits per heavy atom. The molecule has 1 aliphatic rings. The quantitative estimate of drug-likeness (QED) is 0.715. The summed E-state index contributed by atoms with van der Waals surface area (Å²) in [6.07, 6.45) is 0. The molecular formula is C18H19N3O6S. The molecule has 2 aromatic rings. The lowest BCUT2D eigenvalue weighted by molar-refractivity contribution is -0.114. The van der Waals surface area contributed by atoms with E-state index in [9.17, 15) is 18.0 Å². The first-order chi connectivity index (χ1) is 13.3. The summed E-state index contributed by atoms with van der Waals surface area (Å²) in [4.78, 5) is 23.5. The van der Waals surface area contributed by atoms with Crippen molar-refractivity contribution in [3.8, 4) is 11.5 Å². The molecule has 3 rings (SSSR count). The van der Waals surface area contributed by atoms with Crippen molar-refractivity contribution in [2.45, 2.75) is 6.92 Å². The van der Waals surface area contributed by atoms with Gasteiger partial charge in [-0.3, -0.25) is 13.9 Å². The standard InChI is InChI=1S/C18H19N3O6S/c1-2-28(24,25)21(14-7-8-15-16(9-14)27-11-26-15)10-17(22)20-13-5-3-12(4-6-13)18(19)23/h3-9H,2,10-11H2,1H3,(H2,19,23)(H,20,22). The Labute approximate surface area is 162 Å². The first-order valence-electron chi connectivity index (χ1n) is 8.40. The Balaban J connectivity index is 1.80. The minimum absolute atomic E-state index is 0.0566. The molecular weight excluding hydrogens is 386 g/mol. The lowest BCUT2D eigenvalue weighted by atomic mass is 10.2. The fraction of sp³-hybridized carbons (Fsp3) is 0.222. The Morgan fingerprint density at radius 1 is 1.11 bits per heavy atom. The third kappa shape index (κ3) is 4.17. The summed E-state index contributed by atoms with van der Waals surface area (Å²) < 4.78 is 36.6. The van der Waals surface area contributed by atoms with E-state index in [4.69, 9.17) is 15.2 Å². The molecule has 2 aromatic carbocycles. The Bertz CT molecular complexity index is 1000. The van der Waals surface area contributed by atoms with Crippen LogP contribution in [0.15, 0.2) is 42.5 Å². The second kappa shape index (κ2) is 7.77. The van der Waals surface area contributed by atoms with Gasteiger partial charge < -0.3 is 20.5 Å². The predicted octanol–water partition coefficient (Wildman–Crippen LogP) is 1.31. The van der Waals surface area contributed by atoms with E-state index in [0.29, 0.717) is 28.4 Å². The molecule has 0 aromatic heterocycles. The predicted molar refractivity (Wildman–Crippen MR) is 103 cm³/mol. The van der Waals surface area contributed by atoms with Crippen molar-refractivity contribution in [3.05, 3.63) is 48.0 Å². The van der Waals surface area contributed by atoms with Crippen LogP contribution in [-0.4, -0.2) is 39.3 Å². The van der Waals surface area contributed by atoms with Crippen molar-refractivity contribution in [3.63, 3.8) is 0 Å². The number of anilines is 2. The number of carbonyl (C=O) groups is 2. The topological polar surface area (TPSA) is 128 Å². The van der Waals surface area contributed by atoms with E-state index in [2.05, 4.69) is 5.32 Å². The number of ether oxygens (including phenoxy) is 2. The van der Waals surface area contributed by atoms with Gasteiger partial charge in [0, 0.05) is 17.3 Å². The lowest BCUT2D eigenvalue weighted by Crippen LogP contribution is -2.39. The second-order valence-corrected chi connectivity index (χ2v) is 8.12. The molecule has 28 heavy (non-hydrogen) atoms. The fourth-order valence-electron chi connectivity index (χ4n) is 2.60. The largest absolute Gasteiger partial charge is 0.454 e. The van der Waals surface area contributed by atoms with E-state index in [1.807, 2.05) is 0 Å². The zero-order valence-corrected chi connectivity index (χ0v) is 15.9. The molecule has 148 valence electrons. The van der Waals surface area contributed by atoms with Crippen LogP contribution < -0.4 is 24.8 Å². The molecule has 0 bridgehead atoms. The number of amides is 2. The molecule has 1 heterocycles. The van der Waals surface area contributed by atoms with Gasteiger partial charge in [-0.1, -0.05) is 0 Å². The van der Waals surface area contributed by atoms with Crippen LogP contribution in [0.2, 0.25) is 0 Å². The summed E-state index contributed by atoms with van der Waals surface area (Å²) in [5, 5.41) is 2.60. The number of primary amides is 1. The average Bonchev–Trinajstić information content (AvgIpc) is 3.14. The number of sulfonamides is 1. The van der Waals surface area contributed by atoms with Crippen molar-refractivity contribution >= 4 is 33.2 Å². The van der Waals surface area contributed by atoms with Crippen LogP contribution in [0, 0.1) is 0 Å². The molecule has 0 fully saturated rings. The van der Waals surface area contributed by atoms with Crippen LogP contribution in [0.3, 0.4) is 0 Å². The molecule has 0 radical (unpaired) electrons. The van der Waals surface area contributed by atoms with Crippen molar-refractivity contribution in [2.75, 3.05) is 28.7 Å². The summed E-state index contributed by atoms with van der Waals surface area (Å²) in [5.74, 6) is -0.377. The zero-order valence-electron chi connectivity index (χ0n) is 15.0. The van der Waals surface area contributed by atoms with Crippen LogP contribution in [-0.2, 0) is 14.8 Å². The average molecular weight is 405 g/mol. The van der Waals surface area contributed by atoms with Crippen LogP contribution >= 0.6 is 0 Å². The van der Waals surface area contributed by atoms with Crippen molar-refractivity contribution < 1.29 is 27.5 Å².